The molecule has 0 radical (unpaired) electrons. The molecule has 0 fully saturated rings. The predicted molar refractivity (Wildman–Crippen MR) is 98.7 cm³/mol. The lowest BCUT2D eigenvalue weighted by Crippen LogP contribution is -2.34. The van der Waals surface area contributed by atoms with Crippen molar-refractivity contribution in [2.75, 3.05) is 13.4 Å². The van der Waals surface area contributed by atoms with Crippen molar-refractivity contribution in [2.24, 2.45) is 0 Å². The van der Waals surface area contributed by atoms with Gasteiger partial charge in [0.1, 0.15) is 0 Å². The quantitative estimate of drug-likeness (QED) is 0.796. The second-order valence-corrected chi connectivity index (χ2v) is 7.12. The van der Waals surface area contributed by atoms with E-state index < -0.39 is 11.9 Å². The lowest BCUT2D eigenvalue weighted by Gasteiger charge is -2.34. The largest absolute Gasteiger partial charge is 0.463 e. The molecular formula is C20H20ClNO5. The lowest BCUT2D eigenvalue weighted by atomic mass is 9.75. The van der Waals surface area contributed by atoms with Crippen LogP contribution in [0, 0.1) is 0 Å². The van der Waals surface area contributed by atoms with Crippen LogP contribution in [0.2, 0.25) is 5.02 Å². The fourth-order valence-corrected chi connectivity index (χ4v) is 4.19. The Balaban J connectivity index is 1.91. The molecule has 6 nitrogen and oxygen atoms in total. The van der Waals surface area contributed by atoms with Gasteiger partial charge >= 0.3 is 5.97 Å². The van der Waals surface area contributed by atoms with Crippen molar-refractivity contribution in [1.29, 1.82) is 0 Å². The number of rotatable bonds is 3. The average molecular weight is 390 g/mol. The Morgan fingerprint density at radius 1 is 1.30 bits per heavy atom. The van der Waals surface area contributed by atoms with Gasteiger partial charge < -0.3 is 19.5 Å². The topological polar surface area (TPSA) is 73.9 Å². The number of carbonyl (C=O) groups is 2. The van der Waals surface area contributed by atoms with Gasteiger partial charge in [0, 0.05) is 40.4 Å². The van der Waals surface area contributed by atoms with E-state index in [1.165, 1.54) is 0 Å². The minimum atomic E-state index is -0.588. The molecule has 142 valence electrons. The molecule has 0 aromatic heterocycles. The van der Waals surface area contributed by atoms with Crippen molar-refractivity contribution >= 4 is 23.4 Å². The van der Waals surface area contributed by atoms with Crippen molar-refractivity contribution in [3.8, 4) is 11.5 Å². The number of carbonyl (C=O) groups excluding carboxylic acids is 2. The van der Waals surface area contributed by atoms with Gasteiger partial charge in [-0.25, -0.2) is 4.79 Å². The van der Waals surface area contributed by atoms with Crippen LogP contribution in [0.3, 0.4) is 0 Å². The van der Waals surface area contributed by atoms with E-state index in [1.54, 1.807) is 19.1 Å². The number of halogens is 1. The van der Waals surface area contributed by atoms with Crippen molar-refractivity contribution in [1.82, 2.24) is 5.32 Å². The van der Waals surface area contributed by atoms with Gasteiger partial charge in [-0.15, -0.1) is 0 Å². The van der Waals surface area contributed by atoms with Gasteiger partial charge in [0.05, 0.1) is 12.2 Å². The SMILES string of the molecule is CCOC(=O)C1=C(C)NC2=C(C(=O)CCC2)[C@@H]1c1cc2c(cc1Cl)OCO2. The summed E-state index contributed by atoms with van der Waals surface area (Å²) in [6, 6.07) is 3.44. The highest BCUT2D eigenvalue weighted by atomic mass is 35.5. The van der Waals surface area contributed by atoms with Crippen LogP contribution in [0.4, 0.5) is 0 Å². The molecule has 4 rings (SSSR count). The van der Waals surface area contributed by atoms with E-state index in [0.717, 1.165) is 18.5 Å². The Hall–Kier alpha value is -2.47. The number of Topliss-reactive ketones (excluding diaryl/α,β-unsaturated/α-hetero) is 1. The van der Waals surface area contributed by atoms with Crippen LogP contribution in [0.25, 0.3) is 0 Å². The first kappa shape index (κ1) is 17.9. The molecule has 0 amide bonds. The zero-order valence-electron chi connectivity index (χ0n) is 15.2. The van der Waals surface area contributed by atoms with Gasteiger partial charge in [0.25, 0.3) is 0 Å². The van der Waals surface area contributed by atoms with E-state index in [9.17, 15) is 9.59 Å². The Labute approximate surface area is 162 Å². The molecule has 2 heterocycles. The van der Waals surface area contributed by atoms with Crippen LogP contribution in [0.15, 0.2) is 34.7 Å². The Morgan fingerprint density at radius 2 is 2.04 bits per heavy atom. The van der Waals surface area contributed by atoms with E-state index in [4.69, 9.17) is 25.8 Å². The fraction of sp³-hybridized carbons (Fsp3) is 0.400. The first-order chi connectivity index (χ1) is 13.0. The summed E-state index contributed by atoms with van der Waals surface area (Å²) >= 11 is 6.55. The normalized spacial score (nSPS) is 21.1. The predicted octanol–water partition coefficient (Wildman–Crippen LogP) is 3.60. The van der Waals surface area contributed by atoms with Crippen molar-refractivity contribution in [2.45, 2.75) is 39.0 Å². The smallest absolute Gasteiger partial charge is 0.336 e. The average Bonchev–Trinajstić information content (AvgIpc) is 3.07. The summed E-state index contributed by atoms with van der Waals surface area (Å²) in [6.07, 6.45) is 2.00. The number of hydrogen-bond donors (Lipinski definition) is 1. The highest BCUT2D eigenvalue weighted by molar-refractivity contribution is 6.32. The second-order valence-electron chi connectivity index (χ2n) is 6.71. The third kappa shape index (κ3) is 2.98. The number of dihydropyridines is 1. The van der Waals surface area contributed by atoms with Crippen LogP contribution in [-0.2, 0) is 14.3 Å². The Bertz CT molecular complexity index is 902. The first-order valence-electron chi connectivity index (χ1n) is 9.01. The summed E-state index contributed by atoms with van der Waals surface area (Å²) in [5, 5.41) is 3.67. The summed E-state index contributed by atoms with van der Waals surface area (Å²) < 4.78 is 16.2. The monoisotopic (exact) mass is 389 g/mol. The molecule has 7 heteroatoms. The molecule has 0 saturated heterocycles. The fourth-order valence-electron chi connectivity index (χ4n) is 3.93. The highest BCUT2D eigenvalue weighted by Crippen LogP contribution is 2.47. The molecule has 1 N–H and O–H groups in total. The van der Waals surface area contributed by atoms with Crippen LogP contribution in [0.5, 0.6) is 11.5 Å². The molecule has 1 aromatic rings. The molecule has 2 aliphatic heterocycles. The zero-order chi connectivity index (χ0) is 19.1. The maximum absolute atomic E-state index is 12.8. The van der Waals surface area contributed by atoms with E-state index in [0.29, 0.717) is 45.3 Å². The minimum absolute atomic E-state index is 0.0248. The summed E-state index contributed by atoms with van der Waals surface area (Å²) in [6.45, 7) is 3.94. The summed E-state index contributed by atoms with van der Waals surface area (Å²) in [5.74, 6) is 0.0949. The van der Waals surface area contributed by atoms with Gasteiger partial charge in [0.2, 0.25) is 6.79 Å². The summed E-state index contributed by atoms with van der Waals surface area (Å²) in [4.78, 5) is 25.6. The Morgan fingerprint density at radius 3 is 2.78 bits per heavy atom. The number of nitrogens with one attached hydrogen (secondary N) is 1. The molecular weight excluding hydrogens is 370 g/mol. The van der Waals surface area contributed by atoms with Crippen molar-refractivity contribution in [3.05, 3.63) is 45.3 Å². The molecule has 1 aliphatic carbocycles. The number of fused-ring (bicyclic) bond motifs is 1. The number of ketones is 1. The minimum Gasteiger partial charge on any atom is -0.463 e. The van der Waals surface area contributed by atoms with Gasteiger partial charge in [-0.2, -0.15) is 0 Å². The standard InChI is InChI=1S/C20H20ClNO5/c1-3-25-20(24)17-10(2)22-13-5-4-6-14(23)19(13)18(17)11-7-15-16(8-12(11)21)27-9-26-15/h7-8,18,22H,3-6,9H2,1-2H3/t18-/m1/s1. The number of benzene rings is 1. The first-order valence-corrected chi connectivity index (χ1v) is 9.39. The maximum atomic E-state index is 12.8. The maximum Gasteiger partial charge on any atom is 0.336 e. The molecule has 0 saturated carbocycles. The highest BCUT2D eigenvalue weighted by Gasteiger charge is 2.40. The third-order valence-corrected chi connectivity index (χ3v) is 5.40. The van der Waals surface area contributed by atoms with E-state index in [-0.39, 0.29) is 19.2 Å². The third-order valence-electron chi connectivity index (χ3n) is 5.07. The molecule has 27 heavy (non-hydrogen) atoms. The van der Waals surface area contributed by atoms with Gasteiger partial charge in [0.15, 0.2) is 17.3 Å². The van der Waals surface area contributed by atoms with Crippen molar-refractivity contribution in [3.63, 3.8) is 0 Å². The van der Waals surface area contributed by atoms with Crippen molar-refractivity contribution < 1.29 is 23.8 Å². The number of hydrogen-bond acceptors (Lipinski definition) is 6. The van der Waals surface area contributed by atoms with Crippen LogP contribution in [-0.4, -0.2) is 25.2 Å². The number of ether oxygens (including phenoxy) is 3. The number of esters is 1. The second kappa shape index (κ2) is 6.93. The van der Waals surface area contributed by atoms with E-state index >= 15 is 0 Å². The molecule has 0 unspecified atom stereocenters. The summed E-state index contributed by atoms with van der Waals surface area (Å²) in [5.41, 5.74) is 3.19. The van der Waals surface area contributed by atoms with Crippen LogP contribution >= 0.6 is 11.6 Å². The van der Waals surface area contributed by atoms with E-state index in [1.807, 2.05) is 6.92 Å². The Kier molecular flexibility index (Phi) is 4.60. The van der Waals surface area contributed by atoms with Gasteiger partial charge in [-0.1, -0.05) is 11.6 Å². The zero-order valence-corrected chi connectivity index (χ0v) is 15.9. The van der Waals surface area contributed by atoms with Crippen LogP contribution in [0.1, 0.15) is 44.6 Å². The molecule has 0 spiro atoms. The van der Waals surface area contributed by atoms with Gasteiger partial charge in [-0.3, -0.25) is 4.79 Å². The molecule has 1 aromatic carbocycles. The summed E-state index contributed by atoms with van der Waals surface area (Å²) in [7, 11) is 0. The molecule has 0 bridgehead atoms. The molecule has 1 atom stereocenters. The van der Waals surface area contributed by atoms with Crippen LogP contribution < -0.4 is 14.8 Å². The number of allylic oxidation sites excluding steroid dienone is 3. The van der Waals surface area contributed by atoms with E-state index in [2.05, 4.69) is 5.32 Å². The molecule has 3 aliphatic rings. The lowest BCUT2D eigenvalue weighted by molar-refractivity contribution is -0.138. The van der Waals surface area contributed by atoms with Gasteiger partial charge in [-0.05, 0) is 38.3 Å².